The van der Waals surface area contributed by atoms with E-state index in [1.165, 1.54) is 69.1 Å². The van der Waals surface area contributed by atoms with E-state index in [0.717, 1.165) is 4.70 Å². The smallest absolute Gasteiger partial charge is 0.325 e. The van der Waals surface area contributed by atoms with Crippen LogP contribution in [-0.4, -0.2) is 42.7 Å². The molecule has 0 atom stereocenters. The summed E-state index contributed by atoms with van der Waals surface area (Å²) in [4.78, 5) is 39.0. The minimum atomic E-state index is -0.563. The summed E-state index contributed by atoms with van der Waals surface area (Å²) in [6.07, 6.45) is 2.74. The average molecular weight is 457 g/mol. The van der Waals surface area contributed by atoms with Gasteiger partial charge in [-0.3, -0.25) is 19.7 Å². The third-order valence-electron chi connectivity index (χ3n) is 4.43. The molecule has 1 amide bonds. The van der Waals surface area contributed by atoms with Crippen LogP contribution < -0.4 is 14.3 Å². The van der Waals surface area contributed by atoms with Crippen molar-refractivity contribution in [2.45, 2.75) is 6.54 Å². The molecule has 0 saturated carbocycles. The zero-order valence-corrected chi connectivity index (χ0v) is 18.3. The Morgan fingerprint density at radius 3 is 2.38 bits per heavy atom. The average Bonchev–Trinajstić information content (AvgIpc) is 3.12. The predicted molar refractivity (Wildman–Crippen MR) is 118 cm³/mol. The van der Waals surface area contributed by atoms with E-state index in [9.17, 15) is 19.7 Å². The molecule has 32 heavy (non-hydrogen) atoms. The van der Waals surface area contributed by atoms with Gasteiger partial charge in [-0.2, -0.15) is 4.99 Å². The third kappa shape index (κ3) is 5.01. The lowest BCUT2D eigenvalue weighted by Crippen LogP contribution is -2.22. The Kier molecular flexibility index (Phi) is 7.00. The number of methoxy groups -OCH3 is 3. The topological polar surface area (TPSA) is 122 Å². The minimum absolute atomic E-state index is 0.0434. The van der Waals surface area contributed by atoms with Gasteiger partial charge in [0.05, 0.1) is 36.5 Å². The fourth-order valence-electron chi connectivity index (χ4n) is 2.83. The Bertz CT molecular complexity index is 1270. The maximum absolute atomic E-state index is 12.5. The number of hydrogen-bond acceptors (Lipinski definition) is 8. The van der Waals surface area contributed by atoms with Gasteiger partial charge in [-0.05, 0) is 23.8 Å². The van der Waals surface area contributed by atoms with Crippen molar-refractivity contribution in [3.63, 3.8) is 0 Å². The van der Waals surface area contributed by atoms with E-state index in [-0.39, 0.29) is 12.2 Å². The fourth-order valence-corrected chi connectivity index (χ4v) is 3.88. The van der Waals surface area contributed by atoms with Crippen LogP contribution in [-0.2, 0) is 20.9 Å². The van der Waals surface area contributed by atoms with Crippen molar-refractivity contribution in [1.82, 2.24) is 4.57 Å². The van der Waals surface area contributed by atoms with Gasteiger partial charge in [0.25, 0.3) is 11.6 Å². The van der Waals surface area contributed by atoms with Gasteiger partial charge in [-0.25, -0.2) is 0 Å². The Morgan fingerprint density at radius 2 is 1.78 bits per heavy atom. The largest absolute Gasteiger partial charge is 0.493 e. The van der Waals surface area contributed by atoms with Gasteiger partial charge in [0.2, 0.25) is 0 Å². The molecule has 2 aromatic carbocycles. The van der Waals surface area contributed by atoms with Crippen LogP contribution in [0.25, 0.3) is 16.3 Å². The first-order chi connectivity index (χ1) is 15.4. The summed E-state index contributed by atoms with van der Waals surface area (Å²) >= 11 is 1.20. The summed E-state index contributed by atoms with van der Waals surface area (Å²) in [5.74, 6) is -0.1000. The molecular weight excluding hydrogens is 438 g/mol. The molecule has 0 aliphatic heterocycles. The van der Waals surface area contributed by atoms with Crippen LogP contribution >= 0.6 is 11.3 Å². The van der Waals surface area contributed by atoms with Crippen LogP contribution in [0.5, 0.6) is 11.5 Å². The Labute approximate surface area is 186 Å². The second kappa shape index (κ2) is 9.88. The van der Waals surface area contributed by atoms with E-state index in [1.807, 2.05) is 0 Å². The zero-order chi connectivity index (χ0) is 23.3. The van der Waals surface area contributed by atoms with Crippen molar-refractivity contribution in [3.05, 3.63) is 63.0 Å². The van der Waals surface area contributed by atoms with Crippen molar-refractivity contribution in [2.75, 3.05) is 21.3 Å². The number of rotatable bonds is 7. The Balaban J connectivity index is 2.01. The molecule has 11 heteroatoms. The molecule has 0 radical (unpaired) electrons. The molecule has 0 unspecified atom stereocenters. The number of carbonyl (C=O) groups excluding carboxylic acids is 2. The quantitative estimate of drug-likeness (QED) is 0.231. The van der Waals surface area contributed by atoms with Gasteiger partial charge in [0.1, 0.15) is 6.54 Å². The molecule has 1 aromatic heterocycles. The number of esters is 1. The van der Waals surface area contributed by atoms with Crippen molar-refractivity contribution in [1.29, 1.82) is 0 Å². The second-order valence-corrected chi connectivity index (χ2v) is 7.36. The van der Waals surface area contributed by atoms with Crippen LogP contribution in [0, 0.1) is 10.1 Å². The Hall–Kier alpha value is -3.99. The molecule has 0 aliphatic carbocycles. The fraction of sp³-hybridized carbons (Fsp3) is 0.190. The van der Waals surface area contributed by atoms with Gasteiger partial charge < -0.3 is 18.8 Å². The summed E-state index contributed by atoms with van der Waals surface area (Å²) in [5.41, 5.74) is 1.19. The molecule has 0 saturated heterocycles. The van der Waals surface area contributed by atoms with Crippen molar-refractivity contribution in [3.8, 4) is 11.5 Å². The van der Waals surface area contributed by atoms with E-state index in [2.05, 4.69) is 4.99 Å². The minimum Gasteiger partial charge on any atom is -0.493 e. The highest BCUT2D eigenvalue weighted by Crippen LogP contribution is 2.33. The van der Waals surface area contributed by atoms with Gasteiger partial charge in [0.15, 0.2) is 16.3 Å². The SMILES string of the molecule is COC(=O)Cn1c(=NC(=O)/C=C\c2ccc([N+](=O)[O-])cc2)sc2cc(OC)c(OC)cc21. The van der Waals surface area contributed by atoms with Crippen molar-refractivity contribution < 1.29 is 28.7 Å². The Morgan fingerprint density at radius 1 is 1.12 bits per heavy atom. The van der Waals surface area contributed by atoms with Gasteiger partial charge in [-0.15, -0.1) is 0 Å². The highest BCUT2D eigenvalue weighted by atomic mass is 32.1. The van der Waals surface area contributed by atoms with Crippen molar-refractivity contribution >= 4 is 45.2 Å². The summed E-state index contributed by atoms with van der Waals surface area (Å²) in [6, 6.07) is 9.18. The molecule has 166 valence electrons. The van der Waals surface area contributed by atoms with Crippen LogP contribution in [0.4, 0.5) is 5.69 Å². The predicted octanol–water partition coefficient (Wildman–Crippen LogP) is 2.94. The number of hydrogen-bond donors (Lipinski definition) is 0. The maximum Gasteiger partial charge on any atom is 0.325 e. The molecule has 0 bridgehead atoms. The van der Waals surface area contributed by atoms with Crippen molar-refractivity contribution in [2.24, 2.45) is 4.99 Å². The van der Waals surface area contributed by atoms with E-state index in [0.29, 0.717) is 27.4 Å². The van der Waals surface area contributed by atoms with E-state index >= 15 is 0 Å². The number of nitrogens with zero attached hydrogens (tertiary/aromatic N) is 3. The molecular formula is C21H19N3O7S. The lowest BCUT2D eigenvalue weighted by atomic mass is 10.2. The highest BCUT2D eigenvalue weighted by Gasteiger charge is 2.15. The first-order valence-electron chi connectivity index (χ1n) is 9.19. The van der Waals surface area contributed by atoms with Gasteiger partial charge in [-0.1, -0.05) is 11.3 Å². The number of nitro benzene ring substituents is 1. The number of carbonyl (C=O) groups is 2. The second-order valence-electron chi connectivity index (χ2n) is 6.35. The first kappa shape index (κ1) is 22.7. The number of ether oxygens (including phenoxy) is 3. The third-order valence-corrected chi connectivity index (χ3v) is 5.47. The monoisotopic (exact) mass is 457 g/mol. The van der Waals surface area contributed by atoms with Gasteiger partial charge >= 0.3 is 5.97 Å². The van der Waals surface area contributed by atoms with Crippen LogP contribution in [0.1, 0.15) is 5.56 Å². The number of non-ortho nitro benzene ring substituents is 1. The number of fused-ring (bicyclic) bond motifs is 1. The number of nitro groups is 1. The lowest BCUT2D eigenvalue weighted by Gasteiger charge is -2.08. The normalized spacial score (nSPS) is 11.7. The molecule has 3 aromatic rings. The summed E-state index contributed by atoms with van der Waals surface area (Å²) in [7, 11) is 4.28. The summed E-state index contributed by atoms with van der Waals surface area (Å²) in [5, 5.41) is 10.7. The summed E-state index contributed by atoms with van der Waals surface area (Å²) < 4.78 is 17.7. The van der Waals surface area contributed by atoms with Gasteiger partial charge in [0, 0.05) is 30.3 Å². The number of benzene rings is 2. The molecule has 0 aliphatic rings. The number of aromatic nitrogens is 1. The molecule has 1 heterocycles. The van der Waals surface area contributed by atoms with Crippen LogP contribution in [0.3, 0.4) is 0 Å². The summed E-state index contributed by atoms with van der Waals surface area (Å²) in [6.45, 7) is -0.149. The molecule has 10 nitrogen and oxygen atoms in total. The molecule has 3 rings (SSSR count). The van der Waals surface area contributed by atoms with E-state index < -0.39 is 16.8 Å². The van der Waals surface area contributed by atoms with Crippen LogP contribution in [0.15, 0.2) is 47.5 Å². The molecule has 0 spiro atoms. The standard InChI is InChI=1S/C21H19N3O7S/c1-29-16-10-15-18(11-17(16)30-2)32-21(23(15)12-20(26)31-3)22-19(25)9-6-13-4-7-14(8-5-13)24(27)28/h4-11H,12H2,1-3H3/b9-6-,22-21?. The highest BCUT2D eigenvalue weighted by molar-refractivity contribution is 7.16. The van der Waals surface area contributed by atoms with Crippen LogP contribution in [0.2, 0.25) is 0 Å². The maximum atomic E-state index is 12.5. The van der Waals surface area contributed by atoms with E-state index in [1.54, 1.807) is 16.7 Å². The lowest BCUT2D eigenvalue weighted by molar-refractivity contribution is -0.384. The number of thiazole rings is 1. The number of amides is 1. The molecule has 0 N–H and O–H groups in total. The zero-order valence-electron chi connectivity index (χ0n) is 17.4. The first-order valence-corrected chi connectivity index (χ1v) is 10.0. The van der Waals surface area contributed by atoms with E-state index in [4.69, 9.17) is 14.2 Å². The molecule has 0 fully saturated rings.